The predicted octanol–water partition coefficient (Wildman–Crippen LogP) is 4.12. The van der Waals surface area contributed by atoms with Crippen molar-refractivity contribution >= 4 is 46.9 Å². The first-order valence-corrected chi connectivity index (χ1v) is 9.85. The van der Waals surface area contributed by atoms with Crippen molar-refractivity contribution in [2.75, 3.05) is 11.5 Å². The highest BCUT2D eigenvalue weighted by atomic mass is 35.5. The zero-order chi connectivity index (χ0) is 18.9. The summed E-state index contributed by atoms with van der Waals surface area (Å²) in [6.45, 7) is 0. The van der Waals surface area contributed by atoms with Crippen LogP contribution in [-0.2, 0) is 16.0 Å². The topological polar surface area (TPSA) is 94.8 Å². The molecule has 1 atom stereocenters. The number of thioether (sulfide) groups is 1. The molecular formula is C17H22Cl2O5S. The van der Waals surface area contributed by atoms with E-state index in [1.165, 1.54) is 11.8 Å². The Hall–Kier alpha value is -0.950. The smallest absolute Gasteiger partial charge is 0.337 e. The van der Waals surface area contributed by atoms with Crippen LogP contribution in [0.15, 0.2) is 18.2 Å². The van der Waals surface area contributed by atoms with Crippen molar-refractivity contribution in [3.05, 3.63) is 33.8 Å². The fourth-order valence-electron chi connectivity index (χ4n) is 2.29. The summed E-state index contributed by atoms with van der Waals surface area (Å²) in [6, 6.07) is 5.59. The van der Waals surface area contributed by atoms with Gasteiger partial charge in [0.1, 0.15) is 0 Å². The van der Waals surface area contributed by atoms with Crippen LogP contribution < -0.4 is 0 Å². The van der Waals surface area contributed by atoms with Crippen LogP contribution in [0.4, 0.5) is 0 Å². The van der Waals surface area contributed by atoms with Crippen molar-refractivity contribution in [3.63, 3.8) is 0 Å². The predicted molar refractivity (Wildman–Crippen MR) is 101 cm³/mol. The quantitative estimate of drug-likeness (QED) is 0.450. The normalized spacial score (nSPS) is 13.4. The van der Waals surface area contributed by atoms with Gasteiger partial charge in [0.15, 0.2) is 5.60 Å². The molecule has 8 heteroatoms. The Labute approximate surface area is 161 Å². The number of benzene rings is 1. The molecule has 0 amide bonds. The second-order valence-electron chi connectivity index (χ2n) is 5.84. The first-order valence-electron chi connectivity index (χ1n) is 7.94. The largest absolute Gasteiger partial charge is 0.481 e. The maximum Gasteiger partial charge on any atom is 0.337 e. The van der Waals surface area contributed by atoms with Crippen LogP contribution in [0.5, 0.6) is 0 Å². The number of aliphatic hydroxyl groups is 1. The van der Waals surface area contributed by atoms with Gasteiger partial charge >= 0.3 is 11.9 Å². The molecule has 1 rings (SSSR count). The molecule has 0 bridgehead atoms. The number of aryl methyl sites for hydroxylation is 1. The molecule has 25 heavy (non-hydrogen) atoms. The Kier molecular flexibility index (Phi) is 9.64. The van der Waals surface area contributed by atoms with E-state index in [0.717, 1.165) is 37.7 Å². The van der Waals surface area contributed by atoms with Crippen LogP contribution in [0.25, 0.3) is 0 Å². The minimum absolute atomic E-state index is 0.132. The number of carboxylic acid groups (broad SMARTS) is 2. The third-order valence-electron chi connectivity index (χ3n) is 3.70. The van der Waals surface area contributed by atoms with Gasteiger partial charge in [-0.05, 0) is 36.6 Å². The van der Waals surface area contributed by atoms with Crippen molar-refractivity contribution in [2.24, 2.45) is 0 Å². The van der Waals surface area contributed by atoms with Gasteiger partial charge < -0.3 is 15.3 Å². The number of hydrogen-bond donors (Lipinski definition) is 3. The molecule has 1 aromatic rings. The maximum absolute atomic E-state index is 11.0. The first kappa shape index (κ1) is 22.1. The number of rotatable bonds is 12. The first-order chi connectivity index (χ1) is 11.8. The molecule has 0 aromatic heterocycles. The lowest BCUT2D eigenvalue weighted by atomic mass is 10.0. The Bertz CT molecular complexity index is 596. The minimum atomic E-state index is -2.21. The Balaban J connectivity index is 2.18. The van der Waals surface area contributed by atoms with Crippen LogP contribution in [0.1, 0.15) is 37.7 Å². The van der Waals surface area contributed by atoms with Gasteiger partial charge in [-0.3, -0.25) is 4.79 Å². The van der Waals surface area contributed by atoms with E-state index in [9.17, 15) is 14.7 Å². The number of carboxylic acids is 2. The molecular weight excluding hydrogens is 387 g/mol. The summed E-state index contributed by atoms with van der Waals surface area (Å²) < 4.78 is 0. The second-order valence-corrected chi connectivity index (χ2v) is 7.73. The van der Waals surface area contributed by atoms with Crippen molar-refractivity contribution in [1.82, 2.24) is 0 Å². The van der Waals surface area contributed by atoms with E-state index in [-0.39, 0.29) is 5.75 Å². The monoisotopic (exact) mass is 408 g/mol. The van der Waals surface area contributed by atoms with E-state index in [4.69, 9.17) is 33.4 Å². The number of halogens is 2. The van der Waals surface area contributed by atoms with Crippen LogP contribution in [0.3, 0.4) is 0 Å². The maximum atomic E-state index is 11.0. The molecule has 0 aliphatic carbocycles. The van der Waals surface area contributed by atoms with Gasteiger partial charge in [0.25, 0.3) is 0 Å². The third-order valence-corrected chi connectivity index (χ3v) is 5.82. The number of aliphatic carboxylic acids is 2. The highest BCUT2D eigenvalue weighted by Crippen LogP contribution is 2.27. The summed E-state index contributed by atoms with van der Waals surface area (Å²) >= 11 is 13.4. The van der Waals surface area contributed by atoms with Crippen molar-refractivity contribution in [2.45, 2.75) is 44.1 Å². The number of carbonyl (C=O) groups is 2. The molecule has 0 fully saturated rings. The molecule has 1 aromatic carbocycles. The van der Waals surface area contributed by atoms with Gasteiger partial charge in [0.2, 0.25) is 0 Å². The van der Waals surface area contributed by atoms with Gasteiger partial charge in [0.05, 0.1) is 16.5 Å². The molecule has 0 saturated heterocycles. The standard InChI is InChI=1S/C17H22Cl2O5S/c18-13-8-5-7-12(15(13)19)6-3-1-2-4-9-25-11-17(24,16(22)23)10-14(20)21/h5,7-8,24H,1-4,6,9-11H2,(H,20,21)(H,22,23)/t17-/m0/s1. The lowest BCUT2D eigenvalue weighted by Crippen LogP contribution is -2.43. The van der Waals surface area contributed by atoms with Gasteiger partial charge in [-0.1, -0.05) is 48.2 Å². The molecule has 0 radical (unpaired) electrons. The average molecular weight is 409 g/mol. The fraction of sp³-hybridized carbons (Fsp3) is 0.529. The Morgan fingerprint density at radius 3 is 2.40 bits per heavy atom. The highest BCUT2D eigenvalue weighted by molar-refractivity contribution is 7.99. The summed E-state index contributed by atoms with van der Waals surface area (Å²) in [7, 11) is 0. The van der Waals surface area contributed by atoms with E-state index >= 15 is 0 Å². The summed E-state index contributed by atoms with van der Waals surface area (Å²) in [5, 5.41) is 28.6. The SMILES string of the molecule is O=C(O)C[C@](O)(CSCCCCCCc1cccc(Cl)c1Cl)C(=O)O. The Morgan fingerprint density at radius 1 is 1.08 bits per heavy atom. The Morgan fingerprint density at radius 2 is 1.76 bits per heavy atom. The molecule has 0 aliphatic heterocycles. The molecule has 0 spiro atoms. The van der Waals surface area contributed by atoms with Gasteiger partial charge in [-0.15, -0.1) is 0 Å². The summed E-state index contributed by atoms with van der Waals surface area (Å²) in [6.07, 6.45) is 3.87. The molecule has 5 nitrogen and oxygen atoms in total. The molecule has 3 N–H and O–H groups in total. The molecule has 0 aliphatic rings. The van der Waals surface area contributed by atoms with E-state index in [1.54, 1.807) is 6.07 Å². The molecule has 140 valence electrons. The lowest BCUT2D eigenvalue weighted by Gasteiger charge is -2.20. The summed E-state index contributed by atoms with van der Waals surface area (Å²) in [4.78, 5) is 21.6. The molecule has 0 saturated carbocycles. The van der Waals surface area contributed by atoms with Crippen molar-refractivity contribution < 1.29 is 24.9 Å². The van der Waals surface area contributed by atoms with Crippen molar-refractivity contribution in [3.8, 4) is 0 Å². The average Bonchev–Trinajstić information content (AvgIpc) is 2.53. The minimum Gasteiger partial charge on any atom is -0.481 e. The fourth-order valence-corrected chi connectivity index (χ4v) is 3.82. The van der Waals surface area contributed by atoms with Gasteiger partial charge in [0, 0.05) is 5.75 Å². The van der Waals surface area contributed by atoms with Crippen molar-refractivity contribution in [1.29, 1.82) is 0 Å². The number of unbranched alkanes of at least 4 members (excludes halogenated alkanes) is 3. The van der Waals surface area contributed by atoms with Gasteiger partial charge in [-0.2, -0.15) is 11.8 Å². The van der Waals surface area contributed by atoms with E-state index in [0.29, 0.717) is 15.8 Å². The van der Waals surface area contributed by atoms with Crippen LogP contribution in [-0.4, -0.2) is 44.4 Å². The van der Waals surface area contributed by atoms with Crippen LogP contribution >= 0.6 is 35.0 Å². The molecule has 0 unspecified atom stereocenters. The highest BCUT2D eigenvalue weighted by Gasteiger charge is 2.38. The zero-order valence-corrected chi connectivity index (χ0v) is 16.0. The third kappa shape index (κ3) is 7.86. The summed E-state index contributed by atoms with van der Waals surface area (Å²) in [5.74, 6) is -2.29. The van der Waals surface area contributed by atoms with Crippen LogP contribution in [0, 0.1) is 0 Å². The van der Waals surface area contributed by atoms with E-state index < -0.39 is 24.0 Å². The number of hydrogen-bond acceptors (Lipinski definition) is 4. The van der Waals surface area contributed by atoms with E-state index in [2.05, 4.69) is 0 Å². The zero-order valence-electron chi connectivity index (χ0n) is 13.7. The lowest BCUT2D eigenvalue weighted by molar-refractivity contribution is -0.162. The van der Waals surface area contributed by atoms with Gasteiger partial charge in [-0.25, -0.2) is 4.79 Å². The van der Waals surface area contributed by atoms with Crippen LogP contribution in [0.2, 0.25) is 10.0 Å². The molecule has 0 heterocycles. The second kappa shape index (κ2) is 10.9. The van der Waals surface area contributed by atoms with E-state index in [1.807, 2.05) is 12.1 Å². The summed E-state index contributed by atoms with van der Waals surface area (Å²) in [5.41, 5.74) is -1.18.